The third-order valence-corrected chi connectivity index (χ3v) is 4.85. The second-order valence-electron chi connectivity index (χ2n) is 6.99. The number of nitrogens with zero attached hydrogens (tertiary/aromatic N) is 1. The maximum absolute atomic E-state index is 12.7. The largest absolute Gasteiger partial charge is 0.397 e. The Balaban J connectivity index is 2.12. The average molecular weight is 309 g/mol. The van der Waals surface area contributed by atoms with Gasteiger partial charge in [0.05, 0.1) is 16.3 Å². The van der Waals surface area contributed by atoms with E-state index in [1.807, 2.05) is 4.90 Å². The average Bonchev–Trinajstić information content (AvgIpc) is 2.66. The molecule has 0 spiro atoms. The van der Waals surface area contributed by atoms with Crippen molar-refractivity contribution in [2.45, 2.75) is 40.0 Å². The predicted molar refractivity (Wildman–Crippen MR) is 88.6 cm³/mol. The Morgan fingerprint density at radius 3 is 2.67 bits per heavy atom. The van der Waals surface area contributed by atoms with Crippen molar-refractivity contribution in [2.75, 3.05) is 18.8 Å². The zero-order valence-electron chi connectivity index (χ0n) is 13.2. The van der Waals surface area contributed by atoms with Gasteiger partial charge in [-0.15, -0.1) is 0 Å². The summed E-state index contributed by atoms with van der Waals surface area (Å²) in [5, 5.41) is 0.447. The molecule has 1 unspecified atom stereocenters. The van der Waals surface area contributed by atoms with Gasteiger partial charge in [0.25, 0.3) is 5.91 Å². The lowest BCUT2D eigenvalue weighted by Crippen LogP contribution is -2.33. The first kappa shape index (κ1) is 16.2. The molecule has 0 aliphatic carbocycles. The van der Waals surface area contributed by atoms with Crippen LogP contribution >= 0.6 is 11.6 Å². The van der Waals surface area contributed by atoms with Crippen LogP contribution in [0, 0.1) is 11.3 Å². The summed E-state index contributed by atoms with van der Waals surface area (Å²) >= 11 is 6.02. The van der Waals surface area contributed by atoms with Crippen LogP contribution in [0.25, 0.3) is 0 Å². The normalized spacial score (nSPS) is 20.2. The van der Waals surface area contributed by atoms with E-state index in [9.17, 15) is 4.79 Å². The summed E-state index contributed by atoms with van der Waals surface area (Å²) in [4.78, 5) is 14.6. The number of hydrogen-bond donors (Lipinski definition) is 1. The quantitative estimate of drug-likeness (QED) is 0.790. The number of nitrogens with two attached hydrogens (primary N) is 1. The fraction of sp³-hybridized carbons (Fsp3) is 0.588. The number of para-hydroxylation sites is 1. The smallest absolute Gasteiger partial charge is 0.255 e. The fourth-order valence-corrected chi connectivity index (χ4v) is 3.23. The predicted octanol–water partition coefficient (Wildman–Crippen LogP) is 4.21. The van der Waals surface area contributed by atoms with Gasteiger partial charge < -0.3 is 10.6 Å². The van der Waals surface area contributed by atoms with Crippen molar-refractivity contribution in [3.05, 3.63) is 28.8 Å². The van der Waals surface area contributed by atoms with Gasteiger partial charge in [0.2, 0.25) is 0 Å². The van der Waals surface area contributed by atoms with Gasteiger partial charge >= 0.3 is 0 Å². The number of likely N-dealkylation sites (tertiary alicyclic amines) is 1. The summed E-state index contributed by atoms with van der Waals surface area (Å²) in [6.07, 6.45) is 3.28. The van der Waals surface area contributed by atoms with Gasteiger partial charge in [-0.25, -0.2) is 0 Å². The number of carbonyl (C=O) groups excluding carboxylic acids is 1. The molecule has 1 aliphatic rings. The SMILES string of the molecule is CC(C)(C)C1CCCN(C(=O)c2cccc(Cl)c2N)CC1. The van der Waals surface area contributed by atoms with Gasteiger partial charge in [0.15, 0.2) is 0 Å². The van der Waals surface area contributed by atoms with Crippen LogP contribution in [0.5, 0.6) is 0 Å². The number of anilines is 1. The van der Waals surface area contributed by atoms with Crippen molar-refractivity contribution in [2.24, 2.45) is 11.3 Å². The molecule has 1 aromatic rings. The molecular formula is C17H25ClN2O. The first-order chi connectivity index (χ1) is 9.80. The molecule has 1 saturated heterocycles. The molecule has 21 heavy (non-hydrogen) atoms. The zero-order chi connectivity index (χ0) is 15.6. The van der Waals surface area contributed by atoms with E-state index in [-0.39, 0.29) is 5.91 Å². The molecule has 0 saturated carbocycles. The molecule has 1 amide bonds. The molecule has 1 heterocycles. The first-order valence-electron chi connectivity index (χ1n) is 7.64. The van der Waals surface area contributed by atoms with E-state index < -0.39 is 0 Å². The van der Waals surface area contributed by atoms with Crippen LogP contribution in [-0.4, -0.2) is 23.9 Å². The van der Waals surface area contributed by atoms with Crippen molar-refractivity contribution in [3.63, 3.8) is 0 Å². The van der Waals surface area contributed by atoms with Gasteiger partial charge in [-0.05, 0) is 42.7 Å². The molecule has 3 nitrogen and oxygen atoms in total. The monoisotopic (exact) mass is 308 g/mol. The van der Waals surface area contributed by atoms with Gasteiger partial charge in [-0.3, -0.25) is 4.79 Å². The lowest BCUT2D eigenvalue weighted by Gasteiger charge is -2.29. The van der Waals surface area contributed by atoms with Crippen LogP contribution < -0.4 is 5.73 Å². The van der Waals surface area contributed by atoms with Crippen LogP contribution in [0.3, 0.4) is 0 Å². The molecule has 1 fully saturated rings. The van der Waals surface area contributed by atoms with Crippen LogP contribution in [0.15, 0.2) is 18.2 Å². The lowest BCUT2D eigenvalue weighted by atomic mass is 9.77. The highest BCUT2D eigenvalue weighted by atomic mass is 35.5. The molecule has 2 N–H and O–H groups in total. The standard InChI is InChI=1S/C17H25ClN2O/c1-17(2,3)12-6-5-10-20(11-9-12)16(21)13-7-4-8-14(18)15(13)19/h4,7-8,12H,5-6,9-11,19H2,1-3H3. The third-order valence-electron chi connectivity index (χ3n) is 4.52. The van der Waals surface area contributed by atoms with Crippen LogP contribution in [0.2, 0.25) is 5.02 Å². The highest BCUT2D eigenvalue weighted by Crippen LogP contribution is 2.34. The second kappa shape index (κ2) is 6.27. The number of hydrogen-bond acceptors (Lipinski definition) is 2. The molecule has 4 heteroatoms. The van der Waals surface area contributed by atoms with E-state index >= 15 is 0 Å². The lowest BCUT2D eigenvalue weighted by molar-refractivity contribution is 0.0756. The van der Waals surface area contributed by atoms with Crippen molar-refractivity contribution >= 4 is 23.2 Å². The van der Waals surface area contributed by atoms with Crippen LogP contribution in [0.4, 0.5) is 5.69 Å². The van der Waals surface area contributed by atoms with Crippen molar-refractivity contribution in [1.29, 1.82) is 0 Å². The highest BCUT2D eigenvalue weighted by molar-refractivity contribution is 6.33. The Kier molecular flexibility index (Phi) is 4.82. The Bertz CT molecular complexity index is 522. The third kappa shape index (κ3) is 3.70. The Labute approximate surface area is 132 Å². The Morgan fingerprint density at radius 1 is 1.29 bits per heavy atom. The molecular weight excluding hydrogens is 284 g/mol. The van der Waals surface area contributed by atoms with Crippen LogP contribution in [0.1, 0.15) is 50.4 Å². The molecule has 1 aromatic carbocycles. The number of rotatable bonds is 1. The summed E-state index contributed by atoms with van der Waals surface area (Å²) in [5.74, 6) is 0.663. The molecule has 2 rings (SSSR count). The molecule has 0 bridgehead atoms. The maximum Gasteiger partial charge on any atom is 0.255 e. The number of amides is 1. The summed E-state index contributed by atoms with van der Waals surface area (Å²) in [7, 11) is 0. The molecule has 116 valence electrons. The highest BCUT2D eigenvalue weighted by Gasteiger charge is 2.29. The van der Waals surface area contributed by atoms with E-state index in [4.69, 9.17) is 17.3 Å². The van der Waals surface area contributed by atoms with E-state index in [0.29, 0.717) is 27.6 Å². The molecule has 1 atom stereocenters. The second-order valence-corrected chi connectivity index (χ2v) is 7.39. The minimum absolute atomic E-state index is 0.00422. The topological polar surface area (TPSA) is 46.3 Å². The maximum atomic E-state index is 12.7. The Morgan fingerprint density at radius 2 is 2.00 bits per heavy atom. The number of nitrogen functional groups attached to an aromatic ring is 1. The van der Waals surface area contributed by atoms with Gasteiger partial charge in [-0.1, -0.05) is 38.4 Å². The molecule has 1 aliphatic heterocycles. The summed E-state index contributed by atoms with van der Waals surface area (Å²) in [6.45, 7) is 8.45. The Hall–Kier alpha value is -1.22. The first-order valence-corrected chi connectivity index (χ1v) is 8.01. The minimum Gasteiger partial charge on any atom is -0.397 e. The minimum atomic E-state index is 0.00422. The van der Waals surface area contributed by atoms with Gasteiger partial charge in [-0.2, -0.15) is 0 Å². The van der Waals surface area contributed by atoms with E-state index in [2.05, 4.69) is 20.8 Å². The summed E-state index contributed by atoms with van der Waals surface area (Å²) in [6, 6.07) is 5.25. The molecule has 0 aromatic heterocycles. The molecule has 0 radical (unpaired) electrons. The fourth-order valence-electron chi connectivity index (χ4n) is 3.06. The summed E-state index contributed by atoms with van der Waals surface area (Å²) < 4.78 is 0. The number of halogens is 1. The number of carbonyl (C=O) groups is 1. The van der Waals surface area contributed by atoms with Crippen molar-refractivity contribution in [3.8, 4) is 0 Å². The van der Waals surface area contributed by atoms with E-state index in [1.165, 1.54) is 6.42 Å². The van der Waals surface area contributed by atoms with E-state index in [1.54, 1.807) is 18.2 Å². The van der Waals surface area contributed by atoms with E-state index in [0.717, 1.165) is 25.9 Å². The van der Waals surface area contributed by atoms with Crippen LogP contribution in [-0.2, 0) is 0 Å². The van der Waals surface area contributed by atoms with Gasteiger partial charge in [0, 0.05) is 13.1 Å². The number of benzene rings is 1. The zero-order valence-corrected chi connectivity index (χ0v) is 13.9. The van der Waals surface area contributed by atoms with Crippen molar-refractivity contribution < 1.29 is 4.79 Å². The van der Waals surface area contributed by atoms with Crippen molar-refractivity contribution in [1.82, 2.24) is 4.90 Å². The summed E-state index contributed by atoms with van der Waals surface area (Å²) in [5.41, 5.74) is 7.16. The van der Waals surface area contributed by atoms with Gasteiger partial charge in [0.1, 0.15) is 0 Å².